The fourth-order valence-electron chi connectivity index (χ4n) is 3.19. The summed E-state index contributed by atoms with van der Waals surface area (Å²) in [7, 11) is 0. The first-order chi connectivity index (χ1) is 11.7. The largest absolute Gasteiger partial charge is 0.379 e. The Morgan fingerprint density at radius 2 is 2.04 bits per heavy atom. The number of rotatable bonds is 5. The number of hydrogen-bond acceptors (Lipinski definition) is 4. The van der Waals surface area contributed by atoms with Crippen LogP contribution in [0.15, 0.2) is 23.3 Å². The summed E-state index contributed by atoms with van der Waals surface area (Å²) in [5.41, 5.74) is 8.03. The van der Waals surface area contributed by atoms with Crippen molar-refractivity contribution in [3.8, 4) is 0 Å². The van der Waals surface area contributed by atoms with Gasteiger partial charge in [-0.05, 0) is 61.2 Å². The molecule has 130 valence electrons. The molecule has 0 atom stereocenters. The SMILES string of the molecule is C/C(=N/NC(=S)NCCN1CCOCC1)c1ccc2c(c1)CCC2. The van der Waals surface area contributed by atoms with Gasteiger partial charge in [-0.3, -0.25) is 10.3 Å². The summed E-state index contributed by atoms with van der Waals surface area (Å²) in [6.07, 6.45) is 3.66. The van der Waals surface area contributed by atoms with Crippen LogP contribution in [0.1, 0.15) is 30.0 Å². The van der Waals surface area contributed by atoms with Gasteiger partial charge in [0, 0.05) is 26.2 Å². The van der Waals surface area contributed by atoms with Gasteiger partial charge in [0.15, 0.2) is 5.11 Å². The second-order valence-corrected chi connectivity index (χ2v) is 6.76. The van der Waals surface area contributed by atoms with Crippen LogP contribution in [0.5, 0.6) is 0 Å². The van der Waals surface area contributed by atoms with Crippen LogP contribution >= 0.6 is 12.2 Å². The quantitative estimate of drug-likeness (QED) is 0.483. The number of ether oxygens (including phenoxy) is 1. The number of aryl methyl sites for hydroxylation is 2. The van der Waals surface area contributed by atoms with Crippen LogP contribution in [0.3, 0.4) is 0 Å². The maximum atomic E-state index is 5.34. The van der Waals surface area contributed by atoms with E-state index in [0.717, 1.165) is 45.1 Å². The highest BCUT2D eigenvalue weighted by atomic mass is 32.1. The molecule has 2 N–H and O–H groups in total. The Kier molecular flexibility index (Phi) is 6.18. The molecule has 0 unspecified atom stereocenters. The Hall–Kier alpha value is -1.50. The van der Waals surface area contributed by atoms with Crippen LogP contribution in [0.2, 0.25) is 0 Å². The lowest BCUT2D eigenvalue weighted by Crippen LogP contribution is -2.42. The smallest absolute Gasteiger partial charge is 0.187 e. The van der Waals surface area contributed by atoms with Crippen LogP contribution in [0.4, 0.5) is 0 Å². The van der Waals surface area contributed by atoms with E-state index in [-0.39, 0.29) is 0 Å². The van der Waals surface area contributed by atoms with Gasteiger partial charge in [0.2, 0.25) is 0 Å². The van der Waals surface area contributed by atoms with E-state index in [4.69, 9.17) is 17.0 Å². The molecular weight excluding hydrogens is 320 g/mol. The lowest BCUT2D eigenvalue weighted by Gasteiger charge is -2.26. The highest BCUT2D eigenvalue weighted by molar-refractivity contribution is 7.80. The van der Waals surface area contributed by atoms with Crippen molar-refractivity contribution in [3.63, 3.8) is 0 Å². The molecule has 3 rings (SSSR count). The van der Waals surface area contributed by atoms with Crippen molar-refractivity contribution < 1.29 is 4.74 Å². The highest BCUT2D eigenvalue weighted by Crippen LogP contribution is 2.22. The molecule has 6 heteroatoms. The number of fused-ring (bicyclic) bond motifs is 1. The molecule has 0 aromatic heterocycles. The van der Waals surface area contributed by atoms with Crippen molar-refractivity contribution in [2.45, 2.75) is 26.2 Å². The van der Waals surface area contributed by atoms with Gasteiger partial charge in [-0.1, -0.05) is 12.1 Å². The maximum Gasteiger partial charge on any atom is 0.187 e. The van der Waals surface area contributed by atoms with Gasteiger partial charge in [0.05, 0.1) is 18.9 Å². The van der Waals surface area contributed by atoms with Gasteiger partial charge in [-0.15, -0.1) is 0 Å². The Bertz CT molecular complexity index is 611. The second kappa shape index (κ2) is 8.55. The number of benzene rings is 1. The summed E-state index contributed by atoms with van der Waals surface area (Å²) in [5.74, 6) is 0. The van der Waals surface area contributed by atoms with Crippen molar-refractivity contribution in [3.05, 3.63) is 34.9 Å². The molecule has 1 aromatic carbocycles. The molecule has 1 heterocycles. The number of morpholine rings is 1. The first kappa shape index (κ1) is 17.3. The first-order valence-corrected chi connectivity index (χ1v) is 9.13. The fraction of sp³-hybridized carbons (Fsp3) is 0.556. The van der Waals surface area contributed by atoms with E-state index in [0.29, 0.717) is 5.11 Å². The Balaban J connectivity index is 1.43. The molecule has 1 aromatic rings. The van der Waals surface area contributed by atoms with Gasteiger partial charge in [0.1, 0.15) is 0 Å². The Labute approximate surface area is 149 Å². The average molecular weight is 347 g/mol. The number of hydrogen-bond donors (Lipinski definition) is 2. The summed E-state index contributed by atoms with van der Waals surface area (Å²) in [6, 6.07) is 6.65. The molecule has 0 saturated carbocycles. The van der Waals surface area contributed by atoms with E-state index in [1.54, 1.807) is 0 Å². The maximum absolute atomic E-state index is 5.34. The van der Waals surface area contributed by atoms with Crippen molar-refractivity contribution in [2.75, 3.05) is 39.4 Å². The monoisotopic (exact) mass is 346 g/mol. The molecule has 1 fully saturated rings. The van der Waals surface area contributed by atoms with Gasteiger partial charge in [-0.25, -0.2) is 0 Å². The minimum atomic E-state index is 0.573. The standard InChI is InChI=1S/C18H26N4OS/c1-14(16-6-5-15-3-2-4-17(15)13-16)20-21-18(24)19-7-8-22-9-11-23-12-10-22/h5-6,13H,2-4,7-12H2,1H3,(H2,19,21,24)/b20-14-. The summed E-state index contributed by atoms with van der Waals surface area (Å²) in [6.45, 7) is 7.45. The molecule has 2 aliphatic rings. The van der Waals surface area contributed by atoms with Crippen LogP contribution in [-0.4, -0.2) is 55.1 Å². The van der Waals surface area contributed by atoms with E-state index >= 15 is 0 Å². The first-order valence-electron chi connectivity index (χ1n) is 8.73. The summed E-state index contributed by atoms with van der Waals surface area (Å²) >= 11 is 5.30. The third-order valence-corrected chi connectivity index (χ3v) is 4.89. The zero-order valence-corrected chi connectivity index (χ0v) is 15.1. The van der Waals surface area contributed by atoms with Gasteiger partial charge in [-0.2, -0.15) is 5.10 Å². The molecule has 0 amide bonds. The van der Waals surface area contributed by atoms with Crippen molar-refractivity contribution >= 4 is 23.0 Å². The predicted molar refractivity (Wildman–Crippen MR) is 102 cm³/mol. The predicted octanol–water partition coefficient (Wildman–Crippen LogP) is 1.70. The molecule has 1 saturated heterocycles. The van der Waals surface area contributed by atoms with E-state index in [9.17, 15) is 0 Å². The third-order valence-electron chi connectivity index (χ3n) is 4.66. The van der Waals surface area contributed by atoms with E-state index in [1.165, 1.54) is 36.0 Å². The minimum Gasteiger partial charge on any atom is -0.379 e. The lowest BCUT2D eigenvalue weighted by atomic mass is 10.0. The summed E-state index contributed by atoms with van der Waals surface area (Å²) in [5, 5.41) is 8.20. The summed E-state index contributed by atoms with van der Waals surface area (Å²) in [4.78, 5) is 2.37. The minimum absolute atomic E-state index is 0.573. The Morgan fingerprint density at radius 3 is 2.88 bits per heavy atom. The molecule has 1 aliphatic carbocycles. The van der Waals surface area contributed by atoms with Crippen LogP contribution in [0, 0.1) is 0 Å². The van der Waals surface area contributed by atoms with Gasteiger partial charge < -0.3 is 10.1 Å². The molecule has 0 radical (unpaired) electrons. The van der Waals surface area contributed by atoms with Crippen LogP contribution < -0.4 is 10.7 Å². The van der Waals surface area contributed by atoms with E-state index in [2.05, 4.69) is 38.9 Å². The van der Waals surface area contributed by atoms with E-state index in [1.807, 2.05) is 6.92 Å². The zero-order valence-electron chi connectivity index (χ0n) is 14.3. The normalized spacial score (nSPS) is 18.3. The fourth-order valence-corrected chi connectivity index (χ4v) is 3.34. The van der Waals surface area contributed by atoms with Gasteiger partial charge >= 0.3 is 0 Å². The molecule has 24 heavy (non-hydrogen) atoms. The van der Waals surface area contributed by atoms with Crippen LogP contribution in [0.25, 0.3) is 0 Å². The number of nitrogens with one attached hydrogen (secondary N) is 2. The molecule has 0 spiro atoms. The van der Waals surface area contributed by atoms with Crippen LogP contribution in [-0.2, 0) is 17.6 Å². The summed E-state index contributed by atoms with van der Waals surface area (Å²) < 4.78 is 5.34. The van der Waals surface area contributed by atoms with Gasteiger partial charge in [0.25, 0.3) is 0 Å². The molecule has 1 aliphatic heterocycles. The van der Waals surface area contributed by atoms with Crippen molar-refractivity contribution in [2.24, 2.45) is 5.10 Å². The number of hydrazone groups is 1. The topological polar surface area (TPSA) is 48.9 Å². The molecule has 0 bridgehead atoms. The highest BCUT2D eigenvalue weighted by Gasteiger charge is 2.12. The Morgan fingerprint density at radius 1 is 1.25 bits per heavy atom. The zero-order chi connectivity index (χ0) is 16.8. The molecular formula is C18H26N4OS. The third kappa shape index (κ3) is 4.75. The second-order valence-electron chi connectivity index (χ2n) is 6.36. The van der Waals surface area contributed by atoms with Crippen molar-refractivity contribution in [1.29, 1.82) is 0 Å². The average Bonchev–Trinajstić information content (AvgIpc) is 3.08. The lowest BCUT2D eigenvalue weighted by molar-refractivity contribution is 0.0389. The van der Waals surface area contributed by atoms with E-state index < -0.39 is 0 Å². The van der Waals surface area contributed by atoms with Crippen molar-refractivity contribution in [1.82, 2.24) is 15.6 Å². The molecule has 5 nitrogen and oxygen atoms in total. The number of nitrogens with zero attached hydrogens (tertiary/aromatic N) is 2. The number of thiocarbonyl (C=S) groups is 1.